The molecule has 3 aromatic rings. The number of benzene rings is 3. The van der Waals surface area contributed by atoms with Crippen LogP contribution in [0.1, 0.15) is 5.56 Å². The predicted molar refractivity (Wildman–Crippen MR) is 122 cm³/mol. The SMILES string of the molecule is CN(CC(=O)N1CCN(S(=O)(=O)c2ccc(F)cc2)CC1)Cc1ccc2ccccc2c1. The molecule has 0 bridgehead atoms. The van der Waals surface area contributed by atoms with E-state index in [1.54, 1.807) is 4.90 Å². The van der Waals surface area contributed by atoms with Gasteiger partial charge in [-0.05, 0) is 53.7 Å². The van der Waals surface area contributed by atoms with Crippen LogP contribution in [0.25, 0.3) is 10.8 Å². The Labute approximate surface area is 187 Å². The maximum absolute atomic E-state index is 13.1. The average Bonchev–Trinajstić information content (AvgIpc) is 2.79. The number of rotatable bonds is 6. The van der Waals surface area contributed by atoms with Crippen molar-refractivity contribution in [3.8, 4) is 0 Å². The van der Waals surface area contributed by atoms with E-state index in [4.69, 9.17) is 0 Å². The first-order chi connectivity index (χ1) is 15.3. The highest BCUT2D eigenvalue weighted by Gasteiger charge is 2.30. The zero-order valence-corrected chi connectivity index (χ0v) is 18.8. The van der Waals surface area contributed by atoms with Crippen molar-refractivity contribution >= 4 is 26.7 Å². The fourth-order valence-corrected chi connectivity index (χ4v) is 5.39. The monoisotopic (exact) mass is 455 g/mol. The first kappa shape index (κ1) is 22.4. The standard InChI is InChI=1S/C24H26FN3O3S/c1-26(17-19-6-7-20-4-2-3-5-21(20)16-19)18-24(29)27-12-14-28(15-13-27)32(30,31)23-10-8-22(25)9-11-23/h2-11,16H,12-15,17-18H2,1H3. The second-order valence-corrected chi connectivity index (χ2v) is 10.0. The molecular weight excluding hydrogens is 429 g/mol. The van der Waals surface area contributed by atoms with Crippen molar-refractivity contribution in [1.82, 2.24) is 14.1 Å². The fourth-order valence-electron chi connectivity index (χ4n) is 3.97. The van der Waals surface area contributed by atoms with Gasteiger partial charge in [-0.15, -0.1) is 0 Å². The lowest BCUT2D eigenvalue weighted by atomic mass is 10.1. The number of likely N-dealkylation sites (N-methyl/N-ethyl adjacent to an activating group) is 1. The molecule has 0 unspecified atom stereocenters. The molecule has 4 rings (SSSR count). The molecule has 0 aliphatic carbocycles. The third-order valence-electron chi connectivity index (χ3n) is 5.71. The maximum Gasteiger partial charge on any atom is 0.243 e. The predicted octanol–water partition coefficient (Wildman–Crippen LogP) is 2.94. The normalized spacial score (nSPS) is 15.4. The molecule has 1 saturated heterocycles. The molecule has 32 heavy (non-hydrogen) atoms. The smallest absolute Gasteiger partial charge is 0.243 e. The van der Waals surface area contributed by atoms with Crippen LogP contribution in [0.4, 0.5) is 4.39 Å². The van der Waals surface area contributed by atoms with Crippen LogP contribution in [0.3, 0.4) is 0 Å². The van der Waals surface area contributed by atoms with E-state index >= 15 is 0 Å². The summed E-state index contributed by atoms with van der Waals surface area (Å²) in [5.41, 5.74) is 1.13. The van der Waals surface area contributed by atoms with Crippen molar-refractivity contribution in [2.75, 3.05) is 39.8 Å². The molecule has 1 aliphatic heterocycles. The summed E-state index contributed by atoms with van der Waals surface area (Å²) in [5, 5.41) is 2.35. The van der Waals surface area contributed by atoms with Gasteiger partial charge in [-0.2, -0.15) is 4.31 Å². The molecule has 8 heteroatoms. The van der Waals surface area contributed by atoms with E-state index in [0.29, 0.717) is 19.6 Å². The van der Waals surface area contributed by atoms with Crippen molar-refractivity contribution in [2.45, 2.75) is 11.4 Å². The van der Waals surface area contributed by atoms with E-state index in [1.807, 2.05) is 24.1 Å². The number of carbonyl (C=O) groups is 1. The molecule has 0 radical (unpaired) electrons. The number of amides is 1. The highest BCUT2D eigenvalue weighted by atomic mass is 32.2. The summed E-state index contributed by atoms with van der Waals surface area (Å²) in [6.45, 7) is 2.03. The summed E-state index contributed by atoms with van der Waals surface area (Å²) in [4.78, 5) is 16.5. The van der Waals surface area contributed by atoms with Crippen LogP contribution in [0.5, 0.6) is 0 Å². The molecule has 1 aliphatic rings. The lowest BCUT2D eigenvalue weighted by Gasteiger charge is -2.34. The van der Waals surface area contributed by atoms with Crippen LogP contribution in [0.15, 0.2) is 71.6 Å². The largest absolute Gasteiger partial charge is 0.339 e. The first-order valence-corrected chi connectivity index (χ1v) is 12.0. The Kier molecular flexibility index (Phi) is 6.55. The van der Waals surface area contributed by atoms with Gasteiger partial charge in [0.2, 0.25) is 15.9 Å². The summed E-state index contributed by atoms with van der Waals surface area (Å²) in [7, 11) is -1.79. The fraction of sp³-hybridized carbons (Fsp3) is 0.292. The van der Waals surface area contributed by atoms with Gasteiger partial charge in [-0.3, -0.25) is 9.69 Å². The number of fused-ring (bicyclic) bond motifs is 1. The molecule has 1 fully saturated rings. The summed E-state index contributed by atoms with van der Waals surface area (Å²) in [5.74, 6) is -0.501. The number of piperazine rings is 1. The second-order valence-electron chi connectivity index (χ2n) is 8.09. The van der Waals surface area contributed by atoms with Gasteiger partial charge in [0, 0.05) is 32.7 Å². The van der Waals surface area contributed by atoms with Gasteiger partial charge >= 0.3 is 0 Å². The zero-order chi connectivity index (χ0) is 22.7. The lowest BCUT2D eigenvalue weighted by molar-refractivity contribution is -0.133. The van der Waals surface area contributed by atoms with Crippen LogP contribution >= 0.6 is 0 Å². The van der Waals surface area contributed by atoms with E-state index in [1.165, 1.54) is 27.2 Å². The second kappa shape index (κ2) is 9.36. The topological polar surface area (TPSA) is 60.9 Å². The molecule has 1 heterocycles. The minimum Gasteiger partial charge on any atom is -0.339 e. The third kappa shape index (κ3) is 4.98. The summed E-state index contributed by atoms with van der Waals surface area (Å²) in [6.07, 6.45) is 0. The van der Waals surface area contributed by atoms with Crippen LogP contribution in [-0.2, 0) is 21.4 Å². The summed E-state index contributed by atoms with van der Waals surface area (Å²) in [6, 6.07) is 19.3. The van der Waals surface area contributed by atoms with Crippen molar-refractivity contribution in [1.29, 1.82) is 0 Å². The highest BCUT2D eigenvalue weighted by Crippen LogP contribution is 2.19. The van der Waals surface area contributed by atoms with Crippen molar-refractivity contribution in [2.24, 2.45) is 0 Å². The molecule has 0 N–H and O–H groups in total. The molecule has 0 aromatic heterocycles. The molecule has 6 nitrogen and oxygen atoms in total. The minimum atomic E-state index is -3.69. The molecular formula is C24H26FN3O3S. The van der Waals surface area contributed by atoms with Gasteiger partial charge in [-0.1, -0.05) is 36.4 Å². The minimum absolute atomic E-state index is 0.0212. The number of sulfonamides is 1. The Bertz CT molecular complexity index is 1210. The number of carbonyl (C=O) groups excluding carboxylic acids is 1. The van der Waals surface area contributed by atoms with Gasteiger partial charge in [0.15, 0.2) is 0 Å². The van der Waals surface area contributed by atoms with Gasteiger partial charge in [-0.25, -0.2) is 12.8 Å². The summed E-state index contributed by atoms with van der Waals surface area (Å²) >= 11 is 0. The van der Waals surface area contributed by atoms with Crippen LogP contribution in [0, 0.1) is 5.82 Å². The molecule has 1 amide bonds. The first-order valence-electron chi connectivity index (χ1n) is 10.5. The van der Waals surface area contributed by atoms with E-state index in [0.717, 1.165) is 17.7 Å². The Balaban J connectivity index is 1.31. The number of halogens is 1. The molecule has 0 saturated carbocycles. The van der Waals surface area contributed by atoms with Gasteiger partial charge < -0.3 is 4.90 Å². The number of hydrogen-bond donors (Lipinski definition) is 0. The highest BCUT2D eigenvalue weighted by molar-refractivity contribution is 7.89. The van der Waals surface area contributed by atoms with Crippen LogP contribution in [-0.4, -0.2) is 68.2 Å². The Morgan fingerprint density at radius 2 is 1.59 bits per heavy atom. The van der Waals surface area contributed by atoms with E-state index < -0.39 is 15.8 Å². The van der Waals surface area contributed by atoms with Gasteiger partial charge in [0.05, 0.1) is 11.4 Å². The van der Waals surface area contributed by atoms with Gasteiger partial charge in [0.25, 0.3) is 0 Å². The molecule has 0 spiro atoms. The molecule has 0 atom stereocenters. The Hall–Kier alpha value is -2.81. The Morgan fingerprint density at radius 1 is 0.938 bits per heavy atom. The van der Waals surface area contributed by atoms with Crippen molar-refractivity contribution in [3.63, 3.8) is 0 Å². The van der Waals surface area contributed by atoms with Gasteiger partial charge in [0.1, 0.15) is 5.82 Å². The van der Waals surface area contributed by atoms with E-state index in [9.17, 15) is 17.6 Å². The van der Waals surface area contributed by atoms with Crippen molar-refractivity contribution < 1.29 is 17.6 Å². The molecule has 168 valence electrons. The zero-order valence-electron chi connectivity index (χ0n) is 17.9. The number of hydrogen-bond acceptors (Lipinski definition) is 4. The number of nitrogens with zero attached hydrogens (tertiary/aromatic N) is 3. The van der Waals surface area contributed by atoms with Crippen LogP contribution < -0.4 is 0 Å². The molecule has 3 aromatic carbocycles. The lowest BCUT2D eigenvalue weighted by Crippen LogP contribution is -2.52. The Morgan fingerprint density at radius 3 is 2.28 bits per heavy atom. The third-order valence-corrected chi connectivity index (χ3v) is 7.63. The van der Waals surface area contributed by atoms with E-state index in [2.05, 4.69) is 30.3 Å². The quantitative estimate of drug-likeness (QED) is 0.574. The summed E-state index contributed by atoms with van der Waals surface area (Å²) < 4.78 is 39.9. The average molecular weight is 456 g/mol. The van der Waals surface area contributed by atoms with E-state index in [-0.39, 0.29) is 30.4 Å². The van der Waals surface area contributed by atoms with Crippen LogP contribution in [0.2, 0.25) is 0 Å². The maximum atomic E-state index is 13.1. The van der Waals surface area contributed by atoms with Crippen molar-refractivity contribution in [3.05, 3.63) is 78.1 Å².